The van der Waals surface area contributed by atoms with Gasteiger partial charge in [-0.3, -0.25) is 9.89 Å². The second-order valence-corrected chi connectivity index (χ2v) is 9.61. The summed E-state index contributed by atoms with van der Waals surface area (Å²) in [6, 6.07) is 16.5. The summed E-state index contributed by atoms with van der Waals surface area (Å²) in [6.45, 7) is 0.581. The minimum atomic E-state index is -3.74. The van der Waals surface area contributed by atoms with E-state index in [1.807, 2.05) is 30.3 Å². The number of rotatable bonds is 11. The van der Waals surface area contributed by atoms with Gasteiger partial charge in [-0.25, -0.2) is 13.1 Å². The van der Waals surface area contributed by atoms with Gasteiger partial charge in [0.1, 0.15) is 10.6 Å². The van der Waals surface area contributed by atoms with Crippen molar-refractivity contribution in [1.82, 2.24) is 19.8 Å². The number of nitrogens with one attached hydrogen (secondary N) is 2. The number of H-pyrrole nitrogens is 1. The zero-order chi connectivity index (χ0) is 23.8. The first-order chi connectivity index (χ1) is 15.9. The first-order valence-electron chi connectivity index (χ1n) is 10.8. The smallest absolute Gasteiger partial charge is 0.253 e. The van der Waals surface area contributed by atoms with Gasteiger partial charge in [-0.15, -0.1) is 0 Å². The molecular weight excluding hydrogens is 440 g/mol. The van der Waals surface area contributed by atoms with Crippen LogP contribution in [0.15, 0.2) is 59.5 Å². The zero-order valence-electron chi connectivity index (χ0n) is 19.2. The Labute approximate surface area is 195 Å². The van der Waals surface area contributed by atoms with Crippen LogP contribution in [-0.4, -0.2) is 57.2 Å². The Hall–Kier alpha value is -3.17. The number of unbranched alkanes of at least 4 members (excludes halogenated alkanes) is 2. The van der Waals surface area contributed by atoms with Gasteiger partial charge < -0.3 is 9.64 Å². The van der Waals surface area contributed by atoms with Crippen LogP contribution in [-0.2, 0) is 16.4 Å². The molecule has 0 spiro atoms. The summed E-state index contributed by atoms with van der Waals surface area (Å²) >= 11 is 0. The van der Waals surface area contributed by atoms with E-state index in [2.05, 4.69) is 21.0 Å². The maximum absolute atomic E-state index is 12.8. The number of hydrogen-bond donors (Lipinski definition) is 2. The molecule has 0 aliphatic heterocycles. The van der Waals surface area contributed by atoms with Gasteiger partial charge in [-0.1, -0.05) is 36.8 Å². The highest BCUT2D eigenvalue weighted by Crippen LogP contribution is 2.25. The molecule has 2 aromatic carbocycles. The predicted octanol–water partition coefficient (Wildman–Crippen LogP) is 3.48. The third-order valence-electron chi connectivity index (χ3n) is 5.46. The van der Waals surface area contributed by atoms with Crippen LogP contribution < -0.4 is 9.46 Å². The molecule has 33 heavy (non-hydrogen) atoms. The normalized spacial score (nSPS) is 11.4. The largest absolute Gasteiger partial charge is 0.495 e. The first-order valence-corrected chi connectivity index (χ1v) is 12.3. The van der Waals surface area contributed by atoms with E-state index in [0.717, 1.165) is 42.6 Å². The van der Waals surface area contributed by atoms with Gasteiger partial charge in [0.25, 0.3) is 5.91 Å². The number of aromatic nitrogens is 2. The van der Waals surface area contributed by atoms with E-state index in [9.17, 15) is 13.2 Å². The number of carbonyl (C=O) groups is 1. The standard InChI is InChI=1S/C24H30N4O4S/c1-25-33(30,31)23-16-19(13-14-22(23)32-3)24(29)28(2)15-9-5-8-12-20-17-21(27-26-20)18-10-6-4-7-11-18/h4,6-7,10-11,13-14,16-17,25H,5,8-9,12,15H2,1-3H3,(H,26,27). The highest BCUT2D eigenvalue weighted by atomic mass is 32.2. The van der Waals surface area contributed by atoms with Crippen LogP contribution in [0.2, 0.25) is 0 Å². The molecule has 2 N–H and O–H groups in total. The fourth-order valence-corrected chi connectivity index (χ4v) is 4.46. The lowest BCUT2D eigenvalue weighted by Crippen LogP contribution is -2.28. The summed E-state index contributed by atoms with van der Waals surface area (Å²) in [7, 11) is 0.692. The number of carbonyl (C=O) groups excluding carboxylic acids is 1. The van der Waals surface area contributed by atoms with Gasteiger partial charge >= 0.3 is 0 Å². The van der Waals surface area contributed by atoms with Crippen molar-refractivity contribution < 1.29 is 17.9 Å². The summed E-state index contributed by atoms with van der Waals surface area (Å²) < 4.78 is 31.9. The van der Waals surface area contributed by atoms with Crippen molar-refractivity contribution in [2.75, 3.05) is 27.7 Å². The monoisotopic (exact) mass is 470 g/mol. The molecule has 9 heteroatoms. The van der Waals surface area contributed by atoms with Gasteiger partial charge in [-0.05, 0) is 50.6 Å². The van der Waals surface area contributed by atoms with Crippen LogP contribution in [0.5, 0.6) is 5.75 Å². The molecule has 1 heterocycles. The summed E-state index contributed by atoms with van der Waals surface area (Å²) in [5.41, 5.74) is 3.42. The Balaban J connectivity index is 1.49. The number of aromatic amines is 1. The number of methoxy groups -OCH3 is 1. The molecule has 0 unspecified atom stereocenters. The molecule has 176 valence electrons. The lowest BCUT2D eigenvalue weighted by molar-refractivity contribution is 0.0792. The fraction of sp³-hybridized carbons (Fsp3) is 0.333. The molecule has 0 saturated carbocycles. The zero-order valence-corrected chi connectivity index (χ0v) is 20.0. The molecule has 3 rings (SSSR count). The van der Waals surface area contributed by atoms with E-state index in [4.69, 9.17) is 4.74 Å². The fourth-order valence-electron chi connectivity index (χ4n) is 3.54. The van der Waals surface area contributed by atoms with Crippen LogP contribution in [0, 0.1) is 0 Å². The van der Waals surface area contributed by atoms with Crippen LogP contribution in [0.1, 0.15) is 35.3 Å². The molecular formula is C24H30N4O4S. The minimum absolute atomic E-state index is 0.0545. The van der Waals surface area contributed by atoms with Crippen molar-refractivity contribution in [1.29, 1.82) is 0 Å². The predicted molar refractivity (Wildman–Crippen MR) is 128 cm³/mol. The van der Waals surface area contributed by atoms with Crippen molar-refractivity contribution >= 4 is 15.9 Å². The second kappa shape index (κ2) is 11.1. The molecule has 3 aromatic rings. The number of hydrogen-bond acceptors (Lipinski definition) is 5. The lowest BCUT2D eigenvalue weighted by Gasteiger charge is -2.18. The number of benzene rings is 2. The number of amides is 1. The average molecular weight is 471 g/mol. The van der Waals surface area contributed by atoms with E-state index < -0.39 is 10.0 Å². The average Bonchev–Trinajstić information content (AvgIpc) is 3.32. The Morgan fingerprint density at radius 2 is 1.85 bits per heavy atom. The molecule has 0 radical (unpaired) electrons. The van der Waals surface area contributed by atoms with Crippen molar-refractivity contribution in [3.05, 3.63) is 65.9 Å². The summed E-state index contributed by atoms with van der Waals surface area (Å²) in [5.74, 6) is -0.0379. The Kier molecular flexibility index (Phi) is 8.24. The Morgan fingerprint density at radius 1 is 1.09 bits per heavy atom. The molecule has 0 atom stereocenters. The van der Waals surface area contributed by atoms with Crippen LogP contribution in [0.3, 0.4) is 0 Å². The first kappa shape index (κ1) is 24.5. The molecule has 0 aliphatic carbocycles. The van der Waals surface area contributed by atoms with Crippen molar-refractivity contribution in [2.45, 2.75) is 30.6 Å². The number of nitrogens with zero attached hydrogens (tertiary/aromatic N) is 2. The maximum atomic E-state index is 12.8. The number of aryl methyl sites for hydroxylation is 1. The van der Waals surface area contributed by atoms with E-state index in [0.29, 0.717) is 12.1 Å². The summed E-state index contributed by atoms with van der Waals surface area (Å²) in [6.07, 6.45) is 3.67. The van der Waals surface area contributed by atoms with Crippen LogP contribution in [0.25, 0.3) is 11.3 Å². The van der Waals surface area contributed by atoms with Gasteiger partial charge in [0.05, 0.1) is 12.8 Å². The number of sulfonamides is 1. The molecule has 0 fully saturated rings. The third kappa shape index (κ3) is 6.21. The minimum Gasteiger partial charge on any atom is -0.495 e. The summed E-state index contributed by atoms with van der Waals surface area (Å²) in [4.78, 5) is 14.3. The van der Waals surface area contributed by atoms with E-state index in [-0.39, 0.29) is 16.6 Å². The quantitative estimate of drug-likeness (QED) is 0.418. The molecule has 8 nitrogen and oxygen atoms in total. The van der Waals surface area contributed by atoms with Crippen molar-refractivity contribution in [3.8, 4) is 17.0 Å². The van der Waals surface area contributed by atoms with Crippen LogP contribution in [0.4, 0.5) is 0 Å². The molecule has 1 aromatic heterocycles. The van der Waals surface area contributed by atoms with E-state index >= 15 is 0 Å². The Morgan fingerprint density at radius 3 is 2.55 bits per heavy atom. The number of ether oxygens (including phenoxy) is 1. The van der Waals surface area contributed by atoms with E-state index in [1.165, 1.54) is 26.3 Å². The lowest BCUT2D eigenvalue weighted by atomic mass is 10.1. The van der Waals surface area contributed by atoms with Gasteiger partial charge in [0.15, 0.2) is 0 Å². The van der Waals surface area contributed by atoms with Crippen LogP contribution >= 0.6 is 0 Å². The van der Waals surface area contributed by atoms with Gasteiger partial charge in [-0.2, -0.15) is 5.10 Å². The van der Waals surface area contributed by atoms with Gasteiger partial charge in [0.2, 0.25) is 10.0 Å². The van der Waals surface area contributed by atoms with Gasteiger partial charge in [0, 0.05) is 30.4 Å². The Bertz CT molecular complexity index is 1180. The molecule has 0 saturated heterocycles. The van der Waals surface area contributed by atoms with Crippen molar-refractivity contribution in [2.24, 2.45) is 0 Å². The second-order valence-electron chi connectivity index (χ2n) is 7.76. The highest BCUT2D eigenvalue weighted by Gasteiger charge is 2.21. The van der Waals surface area contributed by atoms with Crippen molar-refractivity contribution in [3.63, 3.8) is 0 Å². The highest BCUT2D eigenvalue weighted by molar-refractivity contribution is 7.89. The topological polar surface area (TPSA) is 104 Å². The summed E-state index contributed by atoms with van der Waals surface area (Å²) in [5, 5.41) is 7.48. The SMILES string of the molecule is CNS(=O)(=O)c1cc(C(=O)N(C)CCCCCc2cc(-c3ccccc3)n[nH]2)ccc1OC. The molecule has 1 amide bonds. The maximum Gasteiger partial charge on any atom is 0.253 e. The third-order valence-corrected chi connectivity index (χ3v) is 6.89. The molecule has 0 bridgehead atoms. The molecule has 0 aliphatic rings. The van der Waals surface area contributed by atoms with E-state index in [1.54, 1.807) is 18.0 Å².